The van der Waals surface area contributed by atoms with Crippen molar-refractivity contribution in [2.75, 3.05) is 12.4 Å². The molecule has 0 bridgehead atoms. The zero-order valence-electron chi connectivity index (χ0n) is 16.5. The number of ether oxygens (including phenoxy) is 2. The van der Waals surface area contributed by atoms with Crippen LogP contribution in [0.25, 0.3) is 10.6 Å². The molecule has 6 nitrogen and oxygen atoms in total. The maximum Gasteiger partial charge on any atom is 0.358 e. The minimum Gasteiger partial charge on any atom is -0.497 e. The molecular formula is C22H22N2O4S. The second kappa shape index (κ2) is 9.34. The number of hydrogen-bond donors (Lipinski definition) is 1. The number of nitrogens with one attached hydrogen (secondary N) is 1. The largest absolute Gasteiger partial charge is 0.497 e. The molecule has 0 saturated heterocycles. The van der Waals surface area contributed by atoms with Crippen molar-refractivity contribution in [2.45, 2.75) is 26.4 Å². The van der Waals surface area contributed by atoms with Crippen LogP contribution in [0.2, 0.25) is 0 Å². The van der Waals surface area contributed by atoms with Gasteiger partial charge in [-0.3, -0.25) is 4.79 Å². The standard InChI is InChI=1S/C22H22N2O4S/c1-4-15-8-10-16(11-9-15)21-24-19(13-29-21)22(26)28-14(2)20(25)23-17-6-5-7-18(12-17)27-3/h5-14H,4H2,1-3H3,(H,23,25)/t14-/m1/s1. The summed E-state index contributed by atoms with van der Waals surface area (Å²) in [5.41, 5.74) is 2.92. The number of anilines is 1. The Hall–Kier alpha value is -3.19. The fourth-order valence-corrected chi connectivity index (χ4v) is 3.40. The molecule has 0 fully saturated rings. The first-order chi connectivity index (χ1) is 14.0. The summed E-state index contributed by atoms with van der Waals surface area (Å²) in [5, 5.41) is 5.07. The molecule has 0 aliphatic heterocycles. The van der Waals surface area contributed by atoms with E-state index < -0.39 is 18.0 Å². The molecule has 1 heterocycles. The third-order valence-electron chi connectivity index (χ3n) is 4.31. The van der Waals surface area contributed by atoms with Gasteiger partial charge in [-0.05, 0) is 31.0 Å². The molecule has 29 heavy (non-hydrogen) atoms. The molecule has 0 unspecified atom stereocenters. The minimum absolute atomic E-state index is 0.186. The van der Waals surface area contributed by atoms with Crippen molar-refractivity contribution in [3.8, 4) is 16.3 Å². The fraction of sp³-hybridized carbons (Fsp3) is 0.227. The molecule has 2 aromatic carbocycles. The Morgan fingerprint density at radius 3 is 2.62 bits per heavy atom. The van der Waals surface area contributed by atoms with Crippen LogP contribution < -0.4 is 10.1 Å². The van der Waals surface area contributed by atoms with Crippen LogP contribution in [-0.2, 0) is 16.0 Å². The van der Waals surface area contributed by atoms with E-state index in [0.717, 1.165) is 17.0 Å². The van der Waals surface area contributed by atoms with Gasteiger partial charge in [0.1, 0.15) is 10.8 Å². The first-order valence-corrected chi connectivity index (χ1v) is 10.1. The number of aryl methyl sites for hydroxylation is 1. The smallest absolute Gasteiger partial charge is 0.358 e. The van der Waals surface area contributed by atoms with E-state index >= 15 is 0 Å². The van der Waals surface area contributed by atoms with Crippen LogP contribution in [0.4, 0.5) is 5.69 Å². The van der Waals surface area contributed by atoms with Gasteiger partial charge in [0, 0.05) is 22.7 Å². The van der Waals surface area contributed by atoms with Crippen LogP contribution in [0.5, 0.6) is 5.75 Å². The lowest BCUT2D eigenvalue weighted by Gasteiger charge is -2.13. The second-order valence-corrected chi connectivity index (χ2v) is 7.22. The highest BCUT2D eigenvalue weighted by Gasteiger charge is 2.21. The molecule has 1 atom stereocenters. The second-order valence-electron chi connectivity index (χ2n) is 6.36. The van der Waals surface area contributed by atoms with Crippen molar-refractivity contribution in [3.05, 3.63) is 65.2 Å². The number of amides is 1. The lowest BCUT2D eigenvalue weighted by atomic mass is 10.1. The molecule has 1 amide bonds. The summed E-state index contributed by atoms with van der Waals surface area (Å²) in [4.78, 5) is 29.0. The molecule has 0 aliphatic rings. The van der Waals surface area contributed by atoms with Crippen molar-refractivity contribution >= 4 is 28.9 Å². The number of carbonyl (C=O) groups is 2. The topological polar surface area (TPSA) is 77.5 Å². The van der Waals surface area contributed by atoms with Gasteiger partial charge in [0.05, 0.1) is 7.11 Å². The average Bonchev–Trinajstić information content (AvgIpc) is 3.24. The predicted octanol–water partition coefficient (Wildman–Crippen LogP) is 4.57. The Balaban J connectivity index is 1.61. The van der Waals surface area contributed by atoms with E-state index in [1.165, 1.54) is 23.8 Å². The number of benzene rings is 2. The summed E-state index contributed by atoms with van der Waals surface area (Å²) < 4.78 is 10.4. The van der Waals surface area contributed by atoms with Crippen molar-refractivity contribution in [1.29, 1.82) is 0 Å². The van der Waals surface area contributed by atoms with E-state index in [0.29, 0.717) is 11.4 Å². The van der Waals surface area contributed by atoms with E-state index in [9.17, 15) is 9.59 Å². The number of aromatic nitrogens is 1. The van der Waals surface area contributed by atoms with Crippen LogP contribution >= 0.6 is 11.3 Å². The number of rotatable bonds is 7. The third kappa shape index (κ3) is 5.20. The van der Waals surface area contributed by atoms with Crippen LogP contribution in [0, 0.1) is 0 Å². The van der Waals surface area contributed by atoms with Crippen LogP contribution in [0.1, 0.15) is 29.9 Å². The van der Waals surface area contributed by atoms with Crippen molar-refractivity contribution < 1.29 is 19.1 Å². The van der Waals surface area contributed by atoms with Gasteiger partial charge in [-0.2, -0.15) is 0 Å². The maximum atomic E-state index is 12.4. The van der Waals surface area contributed by atoms with Gasteiger partial charge in [0.15, 0.2) is 11.8 Å². The van der Waals surface area contributed by atoms with E-state index in [-0.39, 0.29) is 5.69 Å². The number of carbonyl (C=O) groups excluding carboxylic acids is 2. The van der Waals surface area contributed by atoms with Crippen molar-refractivity contribution in [1.82, 2.24) is 4.98 Å². The molecule has 0 saturated carbocycles. The van der Waals surface area contributed by atoms with E-state index in [4.69, 9.17) is 9.47 Å². The molecule has 3 aromatic rings. The van der Waals surface area contributed by atoms with Gasteiger partial charge in [-0.1, -0.05) is 37.3 Å². The predicted molar refractivity (Wildman–Crippen MR) is 113 cm³/mol. The van der Waals surface area contributed by atoms with Crippen LogP contribution in [0.3, 0.4) is 0 Å². The lowest BCUT2D eigenvalue weighted by Crippen LogP contribution is -2.30. The van der Waals surface area contributed by atoms with Crippen molar-refractivity contribution in [2.24, 2.45) is 0 Å². The number of methoxy groups -OCH3 is 1. The van der Waals surface area contributed by atoms with E-state index in [1.807, 2.05) is 24.3 Å². The first-order valence-electron chi connectivity index (χ1n) is 9.21. The first kappa shape index (κ1) is 20.5. The molecule has 0 radical (unpaired) electrons. The SMILES string of the molecule is CCc1ccc(-c2nc(C(=O)O[C@H](C)C(=O)Nc3cccc(OC)c3)cs2)cc1. The number of esters is 1. The molecule has 1 N–H and O–H groups in total. The minimum atomic E-state index is -0.970. The van der Waals surface area contributed by atoms with E-state index in [1.54, 1.807) is 36.8 Å². The van der Waals surface area contributed by atoms with Gasteiger partial charge in [-0.25, -0.2) is 9.78 Å². The molecule has 1 aromatic heterocycles. The highest BCUT2D eigenvalue weighted by Crippen LogP contribution is 2.25. The quantitative estimate of drug-likeness (QED) is 0.578. The van der Waals surface area contributed by atoms with Gasteiger partial charge in [0.2, 0.25) is 0 Å². The zero-order valence-corrected chi connectivity index (χ0v) is 17.3. The van der Waals surface area contributed by atoms with E-state index in [2.05, 4.69) is 17.2 Å². The summed E-state index contributed by atoms with van der Waals surface area (Å²) in [6.45, 7) is 3.61. The van der Waals surface area contributed by atoms with Gasteiger partial charge in [-0.15, -0.1) is 11.3 Å². The Bertz CT molecular complexity index is 998. The monoisotopic (exact) mass is 410 g/mol. The van der Waals surface area contributed by atoms with Crippen LogP contribution in [0.15, 0.2) is 53.9 Å². The number of thiazole rings is 1. The van der Waals surface area contributed by atoms with Gasteiger partial charge >= 0.3 is 5.97 Å². The summed E-state index contributed by atoms with van der Waals surface area (Å²) in [7, 11) is 1.55. The molecule has 3 rings (SSSR count). The van der Waals surface area contributed by atoms with Crippen LogP contribution in [-0.4, -0.2) is 30.1 Å². The lowest BCUT2D eigenvalue weighted by molar-refractivity contribution is -0.123. The Labute approximate surface area is 173 Å². The Morgan fingerprint density at radius 2 is 1.93 bits per heavy atom. The van der Waals surface area contributed by atoms with Gasteiger partial charge in [0.25, 0.3) is 5.91 Å². The summed E-state index contributed by atoms with van der Waals surface area (Å²) in [6, 6.07) is 15.0. The highest BCUT2D eigenvalue weighted by molar-refractivity contribution is 7.13. The third-order valence-corrected chi connectivity index (χ3v) is 5.20. The number of hydrogen-bond acceptors (Lipinski definition) is 6. The Kier molecular flexibility index (Phi) is 6.61. The normalized spacial score (nSPS) is 11.6. The highest BCUT2D eigenvalue weighted by atomic mass is 32.1. The Morgan fingerprint density at radius 1 is 1.17 bits per heavy atom. The summed E-state index contributed by atoms with van der Waals surface area (Å²) in [6.07, 6.45) is -0.00600. The zero-order chi connectivity index (χ0) is 20.8. The molecule has 0 aliphatic carbocycles. The van der Waals surface area contributed by atoms with Gasteiger partial charge < -0.3 is 14.8 Å². The molecule has 7 heteroatoms. The maximum absolute atomic E-state index is 12.4. The molecule has 0 spiro atoms. The average molecular weight is 410 g/mol. The fourth-order valence-electron chi connectivity index (χ4n) is 2.60. The summed E-state index contributed by atoms with van der Waals surface area (Å²) in [5.74, 6) is -0.447. The molecular weight excluding hydrogens is 388 g/mol. The molecule has 150 valence electrons. The summed E-state index contributed by atoms with van der Waals surface area (Å²) >= 11 is 1.36. The van der Waals surface area contributed by atoms with Crippen molar-refractivity contribution in [3.63, 3.8) is 0 Å². The number of nitrogens with zero attached hydrogens (tertiary/aromatic N) is 1.